The summed E-state index contributed by atoms with van der Waals surface area (Å²) in [5, 5.41) is 9.81. The average Bonchev–Trinajstić information content (AvgIpc) is 2.32. The van der Waals surface area contributed by atoms with Crippen LogP contribution in [-0.2, 0) is 11.3 Å². The Morgan fingerprint density at radius 1 is 1.38 bits per heavy atom. The van der Waals surface area contributed by atoms with Gasteiger partial charge in [0.1, 0.15) is 0 Å². The molecule has 1 aliphatic heterocycles. The lowest BCUT2D eigenvalue weighted by atomic mass is 10.2. The van der Waals surface area contributed by atoms with Crippen LogP contribution in [0.5, 0.6) is 0 Å². The SMILES string of the molecule is OCC1CN(Cc2ccc(Cl)cc2)CCO1. The summed E-state index contributed by atoms with van der Waals surface area (Å²) >= 11 is 5.83. The summed E-state index contributed by atoms with van der Waals surface area (Å²) in [6.07, 6.45) is -0.0407. The molecule has 0 amide bonds. The first-order chi connectivity index (χ1) is 7.78. The fourth-order valence-electron chi connectivity index (χ4n) is 1.88. The van der Waals surface area contributed by atoms with Crippen molar-refractivity contribution in [2.75, 3.05) is 26.3 Å². The van der Waals surface area contributed by atoms with Crippen molar-refractivity contribution in [3.05, 3.63) is 34.9 Å². The Balaban J connectivity index is 1.91. The molecule has 1 unspecified atom stereocenters. The topological polar surface area (TPSA) is 32.7 Å². The van der Waals surface area contributed by atoms with Crippen LogP contribution in [0.15, 0.2) is 24.3 Å². The molecule has 1 aromatic carbocycles. The number of aliphatic hydroxyl groups excluding tert-OH is 1. The lowest BCUT2D eigenvalue weighted by molar-refractivity contribution is -0.0551. The summed E-state index contributed by atoms with van der Waals surface area (Å²) in [7, 11) is 0. The predicted octanol–water partition coefficient (Wildman–Crippen LogP) is 1.53. The van der Waals surface area contributed by atoms with Gasteiger partial charge in [-0.3, -0.25) is 4.90 Å². The number of ether oxygens (including phenoxy) is 1. The maximum Gasteiger partial charge on any atom is 0.0933 e. The van der Waals surface area contributed by atoms with Gasteiger partial charge in [-0.15, -0.1) is 0 Å². The minimum Gasteiger partial charge on any atom is -0.394 e. The molecule has 16 heavy (non-hydrogen) atoms. The van der Waals surface area contributed by atoms with Crippen LogP contribution in [0.25, 0.3) is 0 Å². The van der Waals surface area contributed by atoms with Gasteiger partial charge in [0, 0.05) is 24.7 Å². The van der Waals surface area contributed by atoms with Crippen molar-refractivity contribution < 1.29 is 9.84 Å². The quantitative estimate of drug-likeness (QED) is 0.871. The first kappa shape index (κ1) is 11.9. The van der Waals surface area contributed by atoms with Crippen LogP contribution >= 0.6 is 11.6 Å². The van der Waals surface area contributed by atoms with Crippen LogP contribution in [0.2, 0.25) is 5.02 Å². The molecule has 0 aliphatic carbocycles. The van der Waals surface area contributed by atoms with E-state index in [0.29, 0.717) is 6.61 Å². The molecule has 0 aromatic heterocycles. The van der Waals surface area contributed by atoms with Crippen molar-refractivity contribution in [3.8, 4) is 0 Å². The molecule has 1 saturated heterocycles. The smallest absolute Gasteiger partial charge is 0.0933 e. The molecular weight excluding hydrogens is 226 g/mol. The van der Waals surface area contributed by atoms with Crippen molar-refractivity contribution in [3.63, 3.8) is 0 Å². The molecule has 3 nitrogen and oxygen atoms in total. The monoisotopic (exact) mass is 241 g/mol. The van der Waals surface area contributed by atoms with Gasteiger partial charge in [0.25, 0.3) is 0 Å². The standard InChI is InChI=1S/C12H16ClNO2/c13-11-3-1-10(2-4-11)7-14-5-6-16-12(8-14)9-15/h1-4,12,15H,5-9H2. The van der Waals surface area contributed by atoms with E-state index in [2.05, 4.69) is 4.90 Å². The molecule has 0 saturated carbocycles. The molecule has 0 bridgehead atoms. The molecule has 1 N–H and O–H groups in total. The number of hydrogen-bond acceptors (Lipinski definition) is 3. The largest absolute Gasteiger partial charge is 0.394 e. The van der Waals surface area contributed by atoms with E-state index in [4.69, 9.17) is 21.4 Å². The van der Waals surface area contributed by atoms with Crippen LogP contribution in [0.1, 0.15) is 5.56 Å². The van der Waals surface area contributed by atoms with Gasteiger partial charge in [0.05, 0.1) is 19.3 Å². The summed E-state index contributed by atoms with van der Waals surface area (Å²) in [5.74, 6) is 0. The molecule has 1 aliphatic rings. The number of halogens is 1. The number of hydrogen-bond donors (Lipinski definition) is 1. The predicted molar refractivity (Wildman–Crippen MR) is 63.6 cm³/mol. The van der Waals surface area contributed by atoms with Crippen molar-refractivity contribution in [1.29, 1.82) is 0 Å². The zero-order chi connectivity index (χ0) is 11.4. The molecule has 4 heteroatoms. The van der Waals surface area contributed by atoms with Gasteiger partial charge in [-0.2, -0.15) is 0 Å². The summed E-state index contributed by atoms with van der Waals surface area (Å²) in [6.45, 7) is 3.38. The van der Waals surface area contributed by atoms with Crippen molar-refractivity contribution >= 4 is 11.6 Å². The Kier molecular flexibility index (Phi) is 4.18. The van der Waals surface area contributed by atoms with Gasteiger partial charge in [-0.1, -0.05) is 23.7 Å². The number of benzene rings is 1. The van der Waals surface area contributed by atoms with Crippen LogP contribution in [0.4, 0.5) is 0 Å². The van der Waals surface area contributed by atoms with E-state index < -0.39 is 0 Å². The van der Waals surface area contributed by atoms with Gasteiger partial charge in [-0.25, -0.2) is 0 Å². The van der Waals surface area contributed by atoms with Crippen molar-refractivity contribution in [2.24, 2.45) is 0 Å². The summed E-state index contributed by atoms with van der Waals surface area (Å²) < 4.78 is 5.40. The Labute approximate surface area is 101 Å². The van der Waals surface area contributed by atoms with E-state index in [9.17, 15) is 0 Å². The van der Waals surface area contributed by atoms with Crippen LogP contribution in [0.3, 0.4) is 0 Å². The Hall–Kier alpha value is -0.610. The number of nitrogens with zero attached hydrogens (tertiary/aromatic N) is 1. The van der Waals surface area contributed by atoms with Gasteiger partial charge in [0.2, 0.25) is 0 Å². The second-order valence-electron chi connectivity index (χ2n) is 4.04. The minimum absolute atomic E-state index is 0.0407. The Morgan fingerprint density at radius 3 is 2.81 bits per heavy atom. The molecule has 0 radical (unpaired) electrons. The highest BCUT2D eigenvalue weighted by Crippen LogP contribution is 2.13. The van der Waals surface area contributed by atoms with E-state index in [1.165, 1.54) is 5.56 Å². The van der Waals surface area contributed by atoms with Crippen LogP contribution < -0.4 is 0 Å². The highest BCUT2D eigenvalue weighted by Gasteiger charge is 2.19. The molecule has 1 fully saturated rings. The lowest BCUT2D eigenvalue weighted by Crippen LogP contribution is -2.43. The molecule has 1 aromatic rings. The van der Waals surface area contributed by atoms with Gasteiger partial charge >= 0.3 is 0 Å². The fourth-order valence-corrected chi connectivity index (χ4v) is 2.01. The zero-order valence-corrected chi connectivity index (χ0v) is 9.86. The summed E-state index contributed by atoms with van der Waals surface area (Å²) in [6, 6.07) is 7.87. The van der Waals surface area contributed by atoms with E-state index in [1.54, 1.807) is 0 Å². The maximum absolute atomic E-state index is 9.04. The molecule has 1 atom stereocenters. The van der Waals surface area contributed by atoms with Gasteiger partial charge in [0.15, 0.2) is 0 Å². The second-order valence-corrected chi connectivity index (χ2v) is 4.47. The van der Waals surface area contributed by atoms with Crippen molar-refractivity contribution in [1.82, 2.24) is 4.90 Å². The molecule has 2 rings (SSSR count). The molecule has 88 valence electrons. The fraction of sp³-hybridized carbons (Fsp3) is 0.500. The van der Waals surface area contributed by atoms with E-state index >= 15 is 0 Å². The number of morpholine rings is 1. The van der Waals surface area contributed by atoms with Crippen LogP contribution in [-0.4, -0.2) is 42.4 Å². The number of aliphatic hydroxyl groups is 1. The third-order valence-electron chi connectivity index (χ3n) is 2.75. The van der Waals surface area contributed by atoms with Crippen molar-refractivity contribution in [2.45, 2.75) is 12.6 Å². The van der Waals surface area contributed by atoms with Crippen LogP contribution in [0, 0.1) is 0 Å². The normalized spacial score (nSPS) is 22.2. The summed E-state index contributed by atoms with van der Waals surface area (Å²) in [4.78, 5) is 2.29. The minimum atomic E-state index is -0.0407. The zero-order valence-electron chi connectivity index (χ0n) is 9.10. The molecule has 1 heterocycles. The third-order valence-corrected chi connectivity index (χ3v) is 3.00. The van der Waals surface area contributed by atoms with Gasteiger partial charge in [-0.05, 0) is 17.7 Å². The first-order valence-electron chi connectivity index (χ1n) is 5.47. The Morgan fingerprint density at radius 2 is 2.12 bits per heavy atom. The highest BCUT2D eigenvalue weighted by molar-refractivity contribution is 6.30. The third kappa shape index (κ3) is 3.19. The van der Waals surface area contributed by atoms with E-state index in [0.717, 1.165) is 24.7 Å². The van der Waals surface area contributed by atoms with E-state index in [-0.39, 0.29) is 12.7 Å². The first-order valence-corrected chi connectivity index (χ1v) is 5.85. The van der Waals surface area contributed by atoms with Gasteiger partial charge < -0.3 is 9.84 Å². The van der Waals surface area contributed by atoms with E-state index in [1.807, 2.05) is 24.3 Å². The Bertz CT molecular complexity index is 328. The average molecular weight is 242 g/mol. The summed E-state index contributed by atoms with van der Waals surface area (Å²) in [5.41, 5.74) is 1.24. The number of rotatable bonds is 3. The molecular formula is C12H16ClNO2. The molecule has 0 spiro atoms. The second kappa shape index (κ2) is 5.64. The lowest BCUT2D eigenvalue weighted by Gasteiger charge is -2.31. The highest BCUT2D eigenvalue weighted by atomic mass is 35.5. The maximum atomic E-state index is 9.04.